The summed E-state index contributed by atoms with van der Waals surface area (Å²) in [5.41, 5.74) is 1.97. The Hall–Kier alpha value is -2.25. The molecule has 7 heteroatoms. The van der Waals surface area contributed by atoms with Gasteiger partial charge in [0.25, 0.3) is 0 Å². The molecule has 1 unspecified atom stereocenters. The second kappa shape index (κ2) is 7.33. The van der Waals surface area contributed by atoms with Crippen LogP contribution in [0.25, 0.3) is 10.7 Å². The predicted octanol–water partition coefficient (Wildman–Crippen LogP) is 4.99. The van der Waals surface area contributed by atoms with E-state index in [4.69, 9.17) is 12.2 Å². The molecule has 0 bridgehead atoms. The highest BCUT2D eigenvalue weighted by Crippen LogP contribution is 2.26. The standard InChI is InChI=1S/C18H20N4OS2/c1-11(2)13-6-4-7-14(10-13)19-17(23)12(3)22-16(20-21-18(22)24)15-8-5-9-25-15/h4-12H,1-3H3,(H,19,23)(H,21,24). The molecule has 0 spiro atoms. The third-order valence-electron chi connectivity index (χ3n) is 4.03. The van der Waals surface area contributed by atoms with Crippen LogP contribution >= 0.6 is 23.6 Å². The molecule has 130 valence electrons. The Labute approximate surface area is 155 Å². The summed E-state index contributed by atoms with van der Waals surface area (Å²) in [7, 11) is 0. The quantitative estimate of drug-likeness (QED) is 0.620. The molecule has 2 aromatic heterocycles. The van der Waals surface area contributed by atoms with Crippen molar-refractivity contribution in [3.05, 3.63) is 52.1 Å². The number of rotatable bonds is 5. The first-order valence-corrected chi connectivity index (χ1v) is 9.37. The van der Waals surface area contributed by atoms with Crippen molar-refractivity contribution in [2.75, 3.05) is 5.32 Å². The van der Waals surface area contributed by atoms with Crippen molar-refractivity contribution in [1.82, 2.24) is 14.8 Å². The van der Waals surface area contributed by atoms with Gasteiger partial charge in [-0.05, 0) is 54.2 Å². The zero-order valence-electron chi connectivity index (χ0n) is 14.3. The summed E-state index contributed by atoms with van der Waals surface area (Å²) < 4.78 is 2.19. The lowest BCUT2D eigenvalue weighted by atomic mass is 10.0. The largest absolute Gasteiger partial charge is 0.324 e. The molecule has 0 aliphatic rings. The van der Waals surface area contributed by atoms with E-state index < -0.39 is 6.04 Å². The number of H-pyrrole nitrogens is 1. The van der Waals surface area contributed by atoms with E-state index in [9.17, 15) is 4.79 Å². The fourth-order valence-corrected chi connectivity index (χ4v) is 3.58. The third kappa shape index (κ3) is 3.72. The number of thiophene rings is 1. The van der Waals surface area contributed by atoms with Gasteiger partial charge in [-0.1, -0.05) is 32.0 Å². The lowest BCUT2D eigenvalue weighted by molar-refractivity contribution is -0.118. The van der Waals surface area contributed by atoms with E-state index in [1.165, 1.54) is 5.56 Å². The highest BCUT2D eigenvalue weighted by atomic mass is 32.1. The highest BCUT2D eigenvalue weighted by molar-refractivity contribution is 7.71. The van der Waals surface area contributed by atoms with E-state index in [1.807, 2.05) is 42.6 Å². The van der Waals surface area contributed by atoms with E-state index in [2.05, 4.69) is 35.4 Å². The van der Waals surface area contributed by atoms with Gasteiger partial charge in [0.05, 0.1) is 4.88 Å². The van der Waals surface area contributed by atoms with Gasteiger partial charge in [0, 0.05) is 5.69 Å². The molecule has 3 aromatic rings. The van der Waals surface area contributed by atoms with Crippen molar-refractivity contribution in [3.8, 4) is 10.7 Å². The molecule has 0 fully saturated rings. The Morgan fingerprint density at radius 2 is 2.08 bits per heavy atom. The topological polar surface area (TPSA) is 62.7 Å². The molecule has 5 nitrogen and oxygen atoms in total. The minimum atomic E-state index is -0.481. The van der Waals surface area contributed by atoms with E-state index in [1.54, 1.807) is 15.9 Å². The third-order valence-corrected chi connectivity index (χ3v) is 5.19. The number of hydrogen-bond acceptors (Lipinski definition) is 4. The fraction of sp³-hybridized carbons (Fsp3) is 0.278. The molecule has 3 rings (SSSR count). The van der Waals surface area contributed by atoms with Crippen LogP contribution < -0.4 is 5.32 Å². The molecule has 25 heavy (non-hydrogen) atoms. The predicted molar refractivity (Wildman–Crippen MR) is 105 cm³/mol. The van der Waals surface area contributed by atoms with Gasteiger partial charge in [0.2, 0.25) is 5.91 Å². The molecule has 2 heterocycles. The second-order valence-corrected chi connectivity index (χ2v) is 7.48. The van der Waals surface area contributed by atoms with Crippen LogP contribution in [0.15, 0.2) is 41.8 Å². The number of aromatic amines is 1. The van der Waals surface area contributed by atoms with Gasteiger partial charge in [-0.15, -0.1) is 11.3 Å². The number of amides is 1. The molecule has 2 N–H and O–H groups in total. The molecular formula is C18H20N4OS2. The van der Waals surface area contributed by atoms with Crippen LogP contribution in [-0.4, -0.2) is 20.7 Å². The van der Waals surface area contributed by atoms with Crippen molar-refractivity contribution in [3.63, 3.8) is 0 Å². The summed E-state index contributed by atoms with van der Waals surface area (Å²) in [4.78, 5) is 13.7. The number of hydrogen-bond donors (Lipinski definition) is 2. The minimum absolute atomic E-state index is 0.129. The first-order chi connectivity index (χ1) is 12.0. The molecule has 0 saturated heterocycles. The zero-order valence-corrected chi connectivity index (χ0v) is 15.9. The van der Waals surface area contributed by atoms with Crippen molar-refractivity contribution < 1.29 is 4.79 Å². The Morgan fingerprint density at radius 3 is 2.76 bits per heavy atom. The molecule has 1 atom stereocenters. The van der Waals surface area contributed by atoms with Crippen LogP contribution in [0.4, 0.5) is 5.69 Å². The molecule has 0 saturated carbocycles. The van der Waals surface area contributed by atoms with Gasteiger partial charge in [0.1, 0.15) is 6.04 Å². The number of carbonyl (C=O) groups is 1. The first kappa shape index (κ1) is 17.6. The minimum Gasteiger partial charge on any atom is -0.324 e. The Bertz CT molecular complexity index is 925. The van der Waals surface area contributed by atoms with E-state index in [-0.39, 0.29) is 5.91 Å². The monoisotopic (exact) mass is 372 g/mol. The van der Waals surface area contributed by atoms with Crippen molar-refractivity contribution in [2.24, 2.45) is 0 Å². The summed E-state index contributed by atoms with van der Waals surface area (Å²) in [6.07, 6.45) is 0. The number of nitrogens with zero attached hydrogens (tertiary/aromatic N) is 2. The summed E-state index contributed by atoms with van der Waals surface area (Å²) in [6, 6.07) is 11.3. The highest BCUT2D eigenvalue weighted by Gasteiger charge is 2.21. The van der Waals surface area contributed by atoms with Gasteiger partial charge in [-0.25, -0.2) is 0 Å². The van der Waals surface area contributed by atoms with Crippen molar-refractivity contribution in [1.29, 1.82) is 0 Å². The summed E-state index contributed by atoms with van der Waals surface area (Å²) in [5, 5.41) is 12.0. The number of aromatic nitrogens is 3. The van der Waals surface area contributed by atoms with Crippen LogP contribution in [0.2, 0.25) is 0 Å². The molecule has 0 aliphatic carbocycles. The maximum absolute atomic E-state index is 12.7. The smallest absolute Gasteiger partial charge is 0.247 e. The maximum Gasteiger partial charge on any atom is 0.247 e. The number of benzene rings is 1. The summed E-state index contributed by atoms with van der Waals surface area (Å²) in [5.74, 6) is 0.956. The van der Waals surface area contributed by atoms with Crippen LogP contribution in [0.5, 0.6) is 0 Å². The number of carbonyl (C=O) groups excluding carboxylic acids is 1. The van der Waals surface area contributed by atoms with Gasteiger partial charge in [-0.2, -0.15) is 5.10 Å². The Kier molecular flexibility index (Phi) is 5.15. The van der Waals surface area contributed by atoms with Crippen molar-refractivity contribution in [2.45, 2.75) is 32.7 Å². The molecule has 0 radical (unpaired) electrons. The normalized spacial score (nSPS) is 12.3. The average molecular weight is 373 g/mol. The summed E-state index contributed by atoms with van der Waals surface area (Å²) >= 11 is 6.89. The van der Waals surface area contributed by atoms with Gasteiger partial charge in [-0.3, -0.25) is 14.5 Å². The second-order valence-electron chi connectivity index (χ2n) is 6.15. The SMILES string of the molecule is CC(C)c1cccc(NC(=O)C(C)n2c(-c3cccs3)n[nH]c2=S)c1. The van der Waals surface area contributed by atoms with E-state index in [0.717, 1.165) is 10.6 Å². The fourth-order valence-electron chi connectivity index (χ4n) is 2.58. The van der Waals surface area contributed by atoms with Crippen molar-refractivity contribution >= 4 is 35.1 Å². The molecule has 0 aliphatic heterocycles. The van der Waals surface area contributed by atoms with Gasteiger partial charge in [0.15, 0.2) is 10.6 Å². The van der Waals surface area contributed by atoms with Crippen LogP contribution in [0, 0.1) is 4.77 Å². The Morgan fingerprint density at radius 1 is 1.28 bits per heavy atom. The van der Waals surface area contributed by atoms with Gasteiger partial charge < -0.3 is 5.32 Å². The lowest BCUT2D eigenvalue weighted by Gasteiger charge is -2.16. The van der Waals surface area contributed by atoms with E-state index in [0.29, 0.717) is 16.5 Å². The first-order valence-electron chi connectivity index (χ1n) is 8.09. The zero-order chi connectivity index (χ0) is 18.0. The number of nitrogens with one attached hydrogen (secondary N) is 2. The molecular weight excluding hydrogens is 352 g/mol. The van der Waals surface area contributed by atoms with E-state index >= 15 is 0 Å². The molecule has 1 amide bonds. The lowest BCUT2D eigenvalue weighted by Crippen LogP contribution is -2.24. The van der Waals surface area contributed by atoms with Crippen LogP contribution in [0.1, 0.15) is 38.3 Å². The number of anilines is 1. The maximum atomic E-state index is 12.7. The average Bonchev–Trinajstić information content (AvgIpc) is 3.23. The van der Waals surface area contributed by atoms with Crippen LogP contribution in [0.3, 0.4) is 0 Å². The van der Waals surface area contributed by atoms with Gasteiger partial charge >= 0.3 is 0 Å². The summed E-state index contributed by atoms with van der Waals surface area (Å²) in [6.45, 7) is 6.08. The molecule has 1 aromatic carbocycles. The Balaban J connectivity index is 1.86. The van der Waals surface area contributed by atoms with Crippen LogP contribution in [-0.2, 0) is 4.79 Å².